The largest absolute Gasteiger partial charge is 0.346 e. The average Bonchev–Trinajstić information content (AvgIpc) is 3.11. The van der Waals surface area contributed by atoms with Crippen LogP contribution in [-0.2, 0) is 16.6 Å². The van der Waals surface area contributed by atoms with E-state index in [1.54, 1.807) is 25.4 Å². The number of aromatic nitrogens is 1. The summed E-state index contributed by atoms with van der Waals surface area (Å²) in [6.07, 6.45) is 5.62. The second-order valence-corrected chi connectivity index (χ2v) is 6.96. The van der Waals surface area contributed by atoms with Gasteiger partial charge in [0.15, 0.2) is 0 Å². The van der Waals surface area contributed by atoms with Crippen LogP contribution in [-0.4, -0.2) is 37.9 Å². The summed E-state index contributed by atoms with van der Waals surface area (Å²) in [5.41, 5.74) is 1.02. The Morgan fingerprint density at radius 2 is 2.26 bits per heavy atom. The highest BCUT2D eigenvalue weighted by molar-refractivity contribution is 7.89. The minimum absolute atomic E-state index is 0.318. The van der Waals surface area contributed by atoms with E-state index in [2.05, 4.69) is 16.5 Å². The van der Waals surface area contributed by atoms with Crippen molar-refractivity contribution in [1.82, 2.24) is 14.2 Å². The molecule has 19 heavy (non-hydrogen) atoms. The Hall–Kier alpha value is -1.11. The van der Waals surface area contributed by atoms with Crippen molar-refractivity contribution < 1.29 is 8.42 Å². The quantitative estimate of drug-likeness (QED) is 0.769. The fraction of sp³-hybridized carbons (Fsp3) is 0.538. The molecule has 0 aliphatic heterocycles. The zero-order chi connectivity index (χ0) is 14.0. The Labute approximate surface area is 115 Å². The van der Waals surface area contributed by atoms with E-state index in [1.165, 1.54) is 4.31 Å². The molecule has 1 heterocycles. The summed E-state index contributed by atoms with van der Waals surface area (Å²) in [5, 5.41) is 3.08. The first kappa shape index (κ1) is 14.3. The van der Waals surface area contributed by atoms with Crippen LogP contribution in [0.15, 0.2) is 29.8 Å². The predicted octanol–water partition coefficient (Wildman–Crippen LogP) is 1.35. The van der Waals surface area contributed by atoms with Crippen LogP contribution in [0.3, 0.4) is 0 Å². The number of sulfonamides is 1. The van der Waals surface area contributed by atoms with E-state index in [0.717, 1.165) is 18.5 Å². The lowest BCUT2D eigenvalue weighted by Gasteiger charge is -2.13. The molecule has 1 N–H and O–H groups in total. The lowest BCUT2D eigenvalue weighted by Crippen LogP contribution is -2.26. The molecule has 1 aromatic rings. The smallest absolute Gasteiger partial charge is 0.244 e. The van der Waals surface area contributed by atoms with Gasteiger partial charge in [0.1, 0.15) is 4.90 Å². The zero-order valence-corrected chi connectivity index (χ0v) is 12.3. The van der Waals surface area contributed by atoms with E-state index < -0.39 is 10.0 Å². The second kappa shape index (κ2) is 5.48. The molecule has 0 amide bonds. The van der Waals surface area contributed by atoms with Gasteiger partial charge < -0.3 is 9.88 Å². The maximum Gasteiger partial charge on any atom is 0.244 e. The molecule has 1 fully saturated rings. The molecule has 106 valence electrons. The van der Waals surface area contributed by atoms with Gasteiger partial charge in [-0.15, -0.1) is 6.58 Å². The third kappa shape index (κ3) is 2.91. The Morgan fingerprint density at radius 1 is 1.58 bits per heavy atom. The third-order valence-corrected chi connectivity index (χ3v) is 5.09. The summed E-state index contributed by atoms with van der Waals surface area (Å²) in [5.74, 6) is 0. The molecule has 0 atom stereocenters. The maximum atomic E-state index is 12.4. The normalized spacial score (nSPS) is 15.9. The highest BCUT2D eigenvalue weighted by Crippen LogP contribution is 2.37. The summed E-state index contributed by atoms with van der Waals surface area (Å²) < 4.78 is 28.2. The number of hydrogen-bond donors (Lipinski definition) is 1. The first-order valence-electron chi connectivity index (χ1n) is 6.43. The monoisotopic (exact) mass is 283 g/mol. The topological polar surface area (TPSA) is 54.3 Å². The molecule has 2 rings (SSSR count). The van der Waals surface area contributed by atoms with Gasteiger partial charge in [-0.1, -0.05) is 6.08 Å². The van der Waals surface area contributed by atoms with Crippen LogP contribution in [0.2, 0.25) is 0 Å². The maximum absolute atomic E-state index is 12.4. The minimum atomic E-state index is -3.41. The van der Waals surface area contributed by atoms with Crippen LogP contribution in [0, 0.1) is 0 Å². The van der Waals surface area contributed by atoms with Crippen LogP contribution in [0.5, 0.6) is 0 Å². The van der Waals surface area contributed by atoms with Gasteiger partial charge in [-0.2, -0.15) is 4.31 Å². The highest BCUT2D eigenvalue weighted by Gasteiger charge is 2.29. The minimum Gasteiger partial charge on any atom is -0.346 e. The molecule has 5 nitrogen and oxygen atoms in total. The van der Waals surface area contributed by atoms with Gasteiger partial charge in [-0.05, 0) is 26.0 Å². The number of rotatable bonds is 7. The molecule has 0 unspecified atom stereocenters. The van der Waals surface area contributed by atoms with E-state index in [1.807, 2.05) is 7.05 Å². The van der Waals surface area contributed by atoms with E-state index >= 15 is 0 Å². The summed E-state index contributed by atoms with van der Waals surface area (Å²) in [7, 11) is 0.0226. The van der Waals surface area contributed by atoms with E-state index in [4.69, 9.17) is 0 Å². The van der Waals surface area contributed by atoms with Crippen molar-refractivity contribution in [3.05, 3.63) is 30.6 Å². The van der Waals surface area contributed by atoms with Gasteiger partial charge in [0, 0.05) is 38.1 Å². The Morgan fingerprint density at radius 3 is 2.79 bits per heavy atom. The van der Waals surface area contributed by atoms with Crippen molar-refractivity contribution in [2.24, 2.45) is 0 Å². The first-order chi connectivity index (χ1) is 9.00. The van der Waals surface area contributed by atoms with Crippen LogP contribution in [0.1, 0.15) is 24.6 Å². The van der Waals surface area contributed by atoms with E-state index in [-0.39, 0.29) is 0 Å². The summed E-state index contributed by atoms with van der Waals surface area (Å²) in [6.45, 7) is 4.57. The van der Waals surface area contributed by atoms with Crippen molar-refractivity contribution in [3.8, 4) is 0 Å². The molecule has 1 aliphatic rings. The SMILES string of the molecule is C=CCN(C)S(=O)(=O)c1cc(CNC)n(C2CC2)c1. The zero-order valence-electron chi connectivity index (χ0n) is 11.5. The van der Waals surface area contributed by atoms with Gasteiger partial charge in [0.25, 0.3) is 0 Å². The first-order valence-corrected chi connectivity index (χ1v) is 7.87. The molecular weight excluding hydrogens is 262 g/mol. The fourth-order valence-electron chi connectivity index (χ4n) is 2.11. The Balaban J connectivity index is 2.34. The molecule has 0 aromatic carbocycles. The lowest BCUT2D eigenvalue weighted by molar-refractivity contribution is 0.499. The number of hydrogen-bond acceptors (Lipinski definition) is 3. The van der Waals surface area contributed by atoms with Crippen LogP contribution in [0.4, 0.5) is 0 Å². The number of nitrogens with one attached hydrogen (secondary N) is 1. The fourth-order valence-corrected chi connectivity index (χ4v) is 3.31. The van der Waals surface area contributed by atoms with Crippen molar-refractivity contribution in [3.63, 3.8) is 0 Å². The van der Waals surface area contributed by atoms with Gasteiger partial charge in [0.05, 0.1) is 0 Å². The lowest BCUT2D eigenvalue weighted by atomic mass is 10.4. The molecule has 0 radical (unpaired) electrons. The van der Waals surface area contributed by atoms with Gasteiger partial charge in [0.2, 0.25) is 10.0 Å². The molecule has 1 aliphatic carbocycles. The molecule has 6 heteroatoms. The van der Waals surface area contributed by atoms with Crippen molar-refractivity contribution >= 4 is 10.0 Å². The van der Waals surface area contributed by atoms with E-state index in [9.17, 15) is 8.42 Å². The Kier molecular flexibility index (Phi) is 4.13. The summed E-state index contributed by atoms with van der Waals surface area (Å²) in [6, 6.07) is 2.24. The standard InChI is InChI=1S/C13H21N3O2S/c1-4-7-15(3)19(17,18)13-8-12(9-14-2)16(10-13)11-5-6-11/h4,8,10-11,14H,1,5-7,9H2,2-3H3. The number of likely N-dealkylation sites (N-methyl/N-ethyl adjacent to an activating group) is 1. The van der Waals surface area contributed by atoms with Crippen molar-refractivity contribution in [2.45, 2.75) is 30.3 Å². The molecule has 0 saturated heterocycles. The van der Waals surface area contributed by atoms with Gasteiger partial charge in [-0.3, -0.25) is 0 Å². The van der Waals surface area contributed by atoms with Crippen LogP contribution >= 0.6 is 0 Å². The molecule has 0 spiro atoms. The van der Waals surface area contributed by atoms with Crippen molar-refractivity contribution in [2.75, 3.05) is 20.6 Å². The summed E-state index contributed by atoms with van der Waals surface area (Å²) in [4.78, 5) is 0.369. The highest BCUT2D eigenvalue weighted by atomic mass is 32.2. The molecule has 1 aromatic heterocycles. The van der Waals surface area contributed by atoms with Crippen molar-refractivity contribution in [1.29, 1.82) is 0 Å². The summed E-state index contributed by atoms with van der Waals surface area (Å²) >= 11 is 0. The molecule has 1 saturated carbocycles. The van der Waals surface area contributed by atoms with Crippen LogP contribution < -0.4 is 5.32 Å². The number of nitrogens with zero attached hydrogens (tertiary/aromatic N) is 2. The Bertz CT molecular complexity index is 558. The third-order valence-electron chi connectivity index (χ3n) is 3.30. The van der Waals surface area contributed by atoms with Gasteiger partial charge in [-0.25, -0.2) is 8.42 Å². The molecule has 0 bridgehead atoms. The average molecular weight is 283 g/mol. The van der Waals surface area contributed by atoms with Crippen LogP contribution in [0.25, 0.3) is 0 Å². The van der Waals surface area contributed by atoms with E-state index in [0.29, 0.717) is 24.0 Å². The van der Waals surface area contributed by atoms with Gasteiger partial charge >= 0.3 is 0 Å². The molecular formula is C13H21N3O2S. The second-order valence-electron chi connectivity index (χ2n) is 4.91. The predicted molar refractivity (Wildman–Crippen MR) is 75.5 cm³/mol.